The van der Waals surface area contributed by atoms with Crippen LogP contribution in [0.5, 0.6) is 0 Å². The van der Waals surface area contributed by atoms with Crippen LogP contribution in [0.2, 0.25) is 0 Å². The zero-order valence-electron chi connectivity index (χ0n) is 23.3. The number of carbonyl (C=O) groups is 3. The van der Waals surface area contributed by atoms with E-state index in [0.29, 0.717) is 12.3 Å². The summed E-state index contributed by atoms with van der Waals surface area (Å²) in [6, 6.07) is -1.79. The lowest BCUT2D eigenvalue weighted by Crippen LogP contribution is -2.62. The van der Waals surface area contributed by atoms with E-state index in [9.17, 15) is 22.8 Å². The quantitative estimate of drug-likeness (QED) is 0.431. The molecule has 3 rings (SSSR count). The molecule has 3 amide bonds. The van der Waals surface area contributed by atoms with Crippen LogP contribution >= 0.6 is 0 Å². The van der Waals surface area contributed by atoms with Gasteiger partial charge in [0, 0.05) is 5.41 Å². The molecule has 0 aromatic carbocycles. The number of fused-ring (bicyclic) bond motifs is 1. The van der Waals surface area contributed by atoms with Gasteiger partial charge < -0.3 is 9.47 Å². The first-order valence-corrected chi connectivity index (χ1v) is 14.3. The van der Waals surface area contributed by atoms with Crippen LogP contribution in [0.25, 0.3) is 0 Å². The second kappa shape index (κ2) is 8.77. The van der Waals surface area contributed by atoms with Crippen LogP contribution in [0, 0.1) is 22.7 Å². The lowest BCUT2D eigenvalue weighted by molar-refractivity contribution is -0.137. The molecular weight excluding hydrogens is 487 g/mol. The third-order valence-corrected chi connectivity index (χ3v) is 9.91. The van der Waals surface area contributed by atoms with Crippen molar-refractivity contribution in [2.24, 2.45) is 22.7 Å². The lowest BCUT2D eigenvalue weighted by Gasteiger charge is -2.39. The molecule has 2 bridgehead atoms. The van der Waals surface area contributed by atoms with Crippen molar-refractivity contribution in [1.82, 2.24) is 14.7 Å². The van der Waals surface area contributed by atoms with Gasteiger partial charge in [0.25, 0.3) is 5.91 Å². The van der Waals surface area contributed by atoms with Crippen molar-refractivity contribution in [3.63, 3.8) is 0 Å². The number of sulfonamides is 1. The minimum absolute atomic E-state index is 0.0867. The van der Waals surface area contributed by atoms with Gasteiger partial charge in [-0.05, 0) is 78.1 Å². The maximum absolute atomic E-state index is 14.1. The molecule has 0 aromatic heterocycles. The van der Waals surface area contributed by atoms with E-state index in [2.05, 4.69) is 19.3 Å². The van der Waals surface area contributed by atoms with E-state index in [1.54, 1.807) is 55.4 Å². The number of hydrogen-bond acceptors (Lipinski definition) is 7. The van der Waals surface area contributed by atoms with Crippen molar-refractivity contribution in [1.29, 1.82) is 0 Å². The fourth-order valence-corrected chi connectivity index (χ4v) is 8.90. The first-order valence-electron chi connectivity index (χ1n) is 12.7. The van der Waals surface area contributed by atoms with Gasteiger partial charge in [-0.1, -0.05) is 27.7 Å². The smallest absolute Gasteiger partial charge is 0.430 e. The van der Waals surface area contributed by atoms with Gasteiger partial charge in [-0.25, -0.2) is 32.7 Å². The molecule has 2 saturated carbocycles. The first-order chi connectivity index (χ1) is 16.1. The normalized spacial score (nSPS) is 29.8. The number of carbonyl (C=O) groups excluding carboxylic acids is 3. The standard InChI is InChI=1S/C25H43N3O7S/c1-15(2)18(27(21(31)35-23(6,7)8)26-20(30)34-22(3,4)5)19(29)28-17-13-16-11-12-25(17,24(16,9)10)14-36(28,32)33/h15-18H,11-14H2,1-10H3,(H,26,30)/t16-,17-,18+,25-/m1/s1/i1+1/t15-,16-,17-,18+,25-. The number of hydrazine groups is 1. The summed E-state index contributed by atoms with van der Waals surface area (Å²) >= 11 is 0. The highest BCUT2D eigenvalue weighted by Gasteiger charge is 2.72. The molecule has 10 nitrogen and oxygen atoms in total. The molecule has 5 atom stereocenters. The van der Waals surface area contributed by atoms with Crippen molar-refractivity contribution in [2.75, 3.05) is 5.75 Å². The maximum atomic E-state index is 14.1. The van der Waals surface area contributed by atoms with E-state index >= 15 is 0 Å². The van der Waals surface area contributed by atoms with Crippen molar-refractivity contribution in [3.8, 4) is 0 Å². The second-order valence-corrected chi connectivity index (χ2v) is 15.3. The molecule has 3 fully saturated rings. The summed E-state index contributed by atoms with van der Waals surface area (Å²) < 4.78 is 38.8. The third-order valence-electron chi connectivity index (χ3n) is 7.99. The molecule has 206 valence electrons. The van der Waals surface area contributed by atoms with Gasteiger partial charge in [0.05, 0.1) is 11.8 Å². The van der Waals surface area contributed by atoms with E-state index in [-0.39, 0.29) is 11.2 Å². The minimum Gasteiger partial charge on any atom is -0.443 e. The summed E-state index contributed by atoms with van der Waals surface area (Å²) in [4.78, 5) is 40.1. The fourth-order valence-electron chi connectivity index (χ4n) is 6.34. The van der Waals surface area contributed by atoms with E-state index in [1.807, 2.05) is 0 Å². The Morgan fingerprint density at radius 1 is 1.03 bits per heavy atom. The SMILES string of the molecule is C[C@@H]([13CH3])[C@@H](C(=O)N1[C@@H]2C[C@H]3CC[C@]2(CS1(=O)=O)C3(C)C)N(NC(=O)OC(C)(C)C)C(=O)OC(C)(C)C. The average Bonchev–Trinajstić information content (AvgIpc) is 3.11. The molecule has 1 saturated heterocycles. The first kappa shape index (κ1) is 28.5. The number of nitrogens with zero attached hydrogens (tertiary/aromatic N) is 2. The highest BCUT2D eigenvalue weighted by molar-refractivity contribution is 7.90. The zero-order chi connectivity index (χ0) is 27.6. The van der Waals surface area contributed by atoms with Gasteiger partial charge in [0.15, 0.2) is 0 Å². The summed E-state index contributed by atoms with van der Waals surface area (Å²) in [6.45, 7) is 17.6. The monoisotopic (exact) mass is 530 g/mol. The Hall–Kier alpha value is -2.04. The molecule has 3 aliphatic rings. The second-order valence-electron chi connectivity index (χ2n) is 13.4. The Balaban J connectivity index is 2.01. The van der Waals surface area contributed by atoms with Gasteiger partial charge in [-0.3, -0.25) is 4.79 Å². The summed E-state index contributed by atoms with van der Waals surface area (Å²) in [7, 11) is -3.93. The van der Waals surface area contributed by atoms with E-state index in [0.717, 1.165) is 22.2 Å². The summed E-state index contributed by atoms with van der Waals surface area (Å²) in [5.74, 6) is -1.04. The van der Waals surface area contributed by atoms with E-state index < -0.39 is 62.7 Å². The van der Waals surface area contributed by atoms with Crippen molar-refractivity contribution in [3.05, 3.63) is 0 Å². The number of nitrogens with one attached hydrogen (secondary N) is 1. The molecule has 1 spiro atoms. The van der Waals surface area contributed by atoms with E-state index in [4.69, 9.17) is 9.47 Å². The van der Waals surface area contributed by atoms with Crippen LogP contribution < -0.4 is 5.43 Å². The van der Waals surface area contributed by atoms with Crippen molar-refractivity contribution >= 4 is 28.1 Å². The minimum atomic E-state index is -3.93. The molecule has 1 N–H and O–H groups in total. The van der Waals surface area contributed by atoms with Crippen LogP contribution in [-0.4, -0.2) is 64.9 Å². The third kappa shape index (κ3) is 4.91. The predicted molar refractivity (Wildman–Crippen MR) is 134 cm³/mol. The summed E-state index contributed by atoms with van der Waals surface area (Å²) in [5, 5.41) is 0.797. The van der Waals surface area contributed by atoms with Crippen LogP contribution in [0.15, 0.2) is 0 Å². The van der Waals surface area contributed by atoms with Gasteiger partial charge in [0.2, 0.25) is 10.0 Å². The summed E-state index contributed by atoms with van der Waals surface area (Å²) in [5.41, 5.74) is -0.137. The number of hydrogen-bond donors (Lipinski definition) is 1. The predicted octanol–water partition coefficient (Wildman–Crippen LogP) is 4.05. The Bertz CT molecular complexity index is 1030. The highest BCUT2D eigenvalue weighted by Crippen LogP contribution is 2.70. The van der Waals surface area contributed by atoms with Crippen LogP contribution in [-0.2, 0) is 24.3 Å². The van der Waals surface area contributed by atoms with Crippen LogP contribution in [0.1, 0.15) is 88.5 Å². The zero-order valence-corrected chi connectivity index (χ0v) is 24.1. The Kier molecular flexibility index (Phi) is 6.95. The molecule has 0 aromatic rings. The molecule has 2 aliphatic carbocycles. The van der Waals surface area contributed by atoms with Gasteiger partial charge >= 0.3 is 12.2 Å². The molecule has 11 heteroatoms. The molecular formula is C25H43N3O7S. The number of ether oxygens (including phenoxy) is 2. The lowest BCUT2D eigenvalue weighted by atomic mass is 9.69. The molecule has 1 heterocycles. The fraction of sp³-hybridized carbons (Fsp3) is 0.880. The largest absolute Gasteiger partial charge is 0.443 e. The van der Waals surface area contributed by atoms with Gasteiger partial charge in [-0.2, -0.15) is 0 Å². The Morgan fingerprint density at radius 2 is 1.58 bits per heavy atom. The highest BCUT2D eigenvalue weighted by atomic mass is 32.2. The Morgan fingerprint density at radius 3 is 2.06 bits per heavy atom. The van der Waals surface area contributed by atoms with Crippen LogP contribution in [0.4, 0.5) is 9.59 Å². The van der Waals surface area contributed by atoms with Crippen LogP contribution in [0.3, 0.4) is 0 Å². The van der Waals surface area contributed by atoms with Gasteiger partial charge in [0.1, 0.15) is 17.2 Å². The van der Waals surface area contributed by atoms with E-state index in [1.165, 1.54) is 0 Å². The Labute approximate surface area is 215 Å². The molecule has 0 radical (unpaired) electrons. The molecule has 36 heavy (non-hydrogen) atoms. The maximum Gasteiger partial charge on any atom is 0.430 e. The average molecular weight is 531 g/mol. The topological polar surface area (TPSA) is 122 Å². The van der Waals surface area contributed by atoms with Crippen molar-refractivity contribution in [2.45, 2.75) is 112 Å². The molecule has 1 aliphatic heterocycles. The number of rotatable bonds is 3. The van der Waals surface area contributed by atoms with Crippen molar-refractivity contribution < 1.29 is 32.3 Å². The summed E-state index contributed by atoms with van der Waals surface area (Å²) in [6.07, 6.45) is 0.373. The molecule has 0 unspecified atom stereocenters. The number of amides is 3. The van der Waals surface area contributed by atoms with Gasteiger partial charge in [-0.15, -0.1) is 0 Å².